The summed E-state index contributed by atoms with van der Waals surface area (Å²) in [6.07, 6.45) is -0.111. The summed E-state index contributed by atoms with van der Waals surface area (Å²) in [7, 11) is 0. The summed E-state index contributed by atoms with van der Waals surface area (Å²) in [5.41, 5.74) is 2.82. The van der Waals surface area contributed by atoms with Gasteiger partial charge in [-0.25, -0.2) is 9.97 Å². The zero-order valence-electron chi connectivity index (χ0n) is 13.0. The predicted octanol–water partition coefficient (Wildman–Crippen LogP) is 2.04. The molecule has 7 heteroatoms. The van der Waals surface area contributed by atoms with Gasteiger partial charge in [-0.15, -0.1) is 0 Å². The molecule has 23 heavy (non-hydrogen) atoms. The number of benzene rings is 1. The van der Waals surface area contributed by atoms with Crippen LogP contribution in [0.25, 0.3) is 0 Å². The van der Waals surface area contributed by atoms with Gasteiger partial charge in [-0.05, 0) is 38.1 Å². The van der Waals surface area contributed by atoms with Crippen molar-refractivity contribution in [2.75, 3.05) is 11.9 Å². The van der Waals surface area contributed by atoms with E-state index in [0.29, 0.717) is 17.2 Å². The van der Waals surface area contributed by atoms with E-state index in [-0.39, 0.29) is 18.9 Å². The van der Waals surface area contributed by atoms with Crippen LogP contribution in [0.3, 0.4) is 0 Å². The van der Waals surface area contributed by atoms with Gasteiger partial charge in [0.15, 0.2) is 0 Å². The lowest BCUT2D eigenvalue weighted by Gasteiger charge is -2.08. The minimum absolute atomic E-state index is 0.0893. The molecular formula is C16H18N4O3. The highest BCUT2D eigenvalue weighted by atomic mass is 16.4. The first kappa shape index (κ1) is 16.4. The molecule has 0 atom stereocenters. The topological polar surface area (TPSA) is 104 Å². The van der Waals surface area contributed by atoms with Crippen LogP contribution in [0.1, 0.15) is 28.2 Å². The van der Waals surface area contributed by atoms with Crippen molar-refractivity contribution in [3.05, 3.63) is 47.3 Å². The van der Waals surface area contributed by atoms with E-state index in [9.17, 15) is 9.59 Å². The molecule has 0 bridgehead atoms. The maximum absolute atomic E-state index is 12.0. The Hall–Kier alpha value is -2.96. The Kier molecular flexibility index (Phi) is 5.24. The van der Waals surface area contributed by atoms with E-state index in [1.807, 2.05) is 19.9 Å². The highest BCUT2D eigenvalue weighted by Gasteiger charge is 2.08. The van der Waals surface area contributed by atoms with Crippen molar-refractivity contribution in [3.8, 4) is 0 Å². The van der Waals surface area contributed by atoms with E-state index < -0.39 is 5.97 Å². The number of hydrogen-bond acceptors (Lipinski definition) is 5. The van der Waals surface area contributed by atoms with E-state index in [1.165, 1.54) is 0 Å². The van der Waals surface area contributed by atoms with Crippen molar-refractivity contribution >= 4 is 23.5 Å². The van der Waals surface area contributed by atoms with Crippen molar-refractivity contribution in [1.82, 2.24) is 15.3 Å². The Morgan fingerprint density at radius 1 is 1.13 bits per heavy atom. The largest absolute Gasteiger partial charge is 0.481 e. The molecule has 3 N–H and O–H groups in total. The molecule has 0 saturated heterocycles. The predicted molar refractivity (Wildman–Crippen MR) is 85.8 cm³/mol. The summed E-state index contributed by atoms with van der Waals surface area (Å²) in [6, 6.07) is 8.73. The number of carboxylic acids is 1. The highest BCUT2D eigenvalue weighted by Crippen LogP contribution is 2.15. The molecule has 7 nitrogen and oxygen atoms in total. The molecule has 2 rings (SSSR count). The SMILES string of the molecule is Cc1cc(C)nc(Nc2cccc(C(=O)NCCC(=O)O)c2)n1. The van der Waals surface area contributed by atoms with E-state index in [0.717, 1.165) is 11.4 Å². The van der Waals surface area contributed by atoms with Gasteiger partial charge in [0, 0.05) is 29.2 Å². The third-order valence-corrected chi connectivity index (χ3v) is 2.99. The minimum Gasteiger partial charge on any atom is -0.481 e. The average Bonchev–Trinajstić information content (AvgIpc) is 2.46. The molecule has 0 saturated carbocycles. The number of hydrogen-bond donors (Lipinski definition) is 3. The van der Waals surface area contributed by atoms with Gasteiger partial charge in [0.25, 0.3) is 5.91 Å². The molecule has 0 aliphatic rings. The van der Waals surface area contributed by atoms with Gasteiger partial charge in [0.1, 0.15) is 0 Å². The second kappa shape index (κ2) is 7.35. The van der Waals surface area contributed by atoms with E-state index in [2.05, 4.69) is 20.6 Å². The Morgan fingerprint density at radius 3 is 2.48 bits per heavy atom. The molecule has 0 spiro atoms. The lowest BCUT2D eigenvalue weighted by Crippen LogP contribution is -2.26. The number of aliphatic carboxylic acids is 1. The van der Waals surface area contributed by atoms with Crippen LogP contribution >= 0.6 is 0 Å². The van der Waals surface area contributed by atoms with Gasteiger partial charge in [-0.2, -0.15) is 0 Å². The first-order valence-corrected chi connectivity index (χ1v) is 7.13. The summed E-state index contributed by atoms with van der Waals surface area (Å²) in [5.74, 6) is -0.810. The number of carbonyl (C=O) groups is 2. The average molecular weight is 314 g/mol. The number of carboxylic acid groups (broad SMARTS) is 1. The van der Waals surface area contributed by atoms with Crippen LogP contribution in [0.2, 0.25) is 0 Å². The second-order valence-electron chi connectivity index (χ2n) is 5.08. The molecule has 2 aromatic rings. The van der Waals surface area contributed by atoms with Crippen molar-refractivity contribution in [3.63, 3.8) is 0 Å². The molecule has 1 aromatic heterocycles. The fourth-order valence-electron chi connectivity index (χ4n) is 2.03. The molecule has 1 heterocycles. The summed E-state index contributed by atoms with van der Waals surface area (Å²) < 4.78 is 0. The number of carbonyl (C=O) groups excluding carboxylic acids is 1. The number of aryl methyl sites for hydroxylation is 2. The fraction of sp³-hybridized carbons (Fsp3) is 0.250. The summed E-state index contributed by atoms with van der Waals surface area (Å²) in [6.45, 7) is 3.85. The molecule has 0 fully saturated rings. The van der Waals surface area contributed by atoms with Gasteiger partial charge in [0.2, 0.25) is 5.95 Å². The summed E-state index contributed by atoms with van der Waals surface area (Å²) in [4.78, 5) is 31.0. The van der Waals surface area contributed by atoms with Gasteiger partial charge >= 0.3 is 5.97 Å². The molecular weight excluding hydrogens is 296 g/mol. The van der Waals surface area contributed by atoms with Crippen LogP contribution < -0.4 is 10.6 Å². The van der Waals surface area contributed by atoms with Crippen molar-refractivity contribution in [2.45, 2.75) is 20.3 Å². The van der Waals surface area contributed by atoms with Gasteiger partial charge < -0.3 is 15.7 Å². The molecule has 1 aromatic carbocycles. The van der Waals surface area contributed by atoms with E-state index in [4.69, 9.17) is 5.11 Å². The van der Waals surface area contributed by atoms with Crippen molar-refractivity contribution < 1.29 is 14.7 Å². The van der Waals surface area contributed by atoms with Crippen LogP contribution in [0.15, 0.2) is 30.3 Å². The first-order valence-electron chi connectivity index (χ1n) is 7.13. The number of amides is 1. The summed E-state index contributed by atoms with van der Waals surface area (Å²) >= 11 is 0. The second-order valence-corrected chi connectivity index (χ2v) is 5.08. The normalized spacial score (nSPS) is 10.2. The number of aromatic nitrogens is 2. The van der Waals surface area contributed by atoms with Gasteiger partial charge in [-0.1, -0.05) is 6.07 Å². The van der Waals surface area contributed by atoms with E-state index >= 15 is 0 Å². The quantitative estimate of drug-likeness (QED) is 0.754. The zero-order valence-corrected chi connectivity index (χ0v) is 13.0. The molecule has 0 aliphatic heterocycles. The minimum atomic E-state index is -0.951. The Morgan fingerprint density at radius 2 is 1.83 bits per heavy atom. The zero-order chi connectivity index (χ0) is 16.8. The smallest absolute Gasteiger partial charge is 0.305 e. The standard InChI is InChI=1S/C16H18N4O3/c1-10-8-11(2)19-16(18-10)20-13-5-3-4-12(9-13)15(23)17-7-6-14(21)22/h3-5,8-9H,6-7H2,1-2H3,(H,17,23)(H,21,22)(H,18,19,20). The van der Waals surface area contributed by atoms with Gasteiger partial charge in [-0.3, -0.25) is 9.59 Å². The lowest BCUT2D eigenvalue weighted by molar-refractivity contribution is -0.136. The Balaban J connectivity index is 2.07. The third-order valence-electron chi connectivity index (χ3n) is 2.99. The fourth-order valence-corrected chi connectivity index (χ4v) is 2.03. The third kappa shape index (κ3) is 5.06. The van der Waals surface area contributed by atoms with Crippen LogP contribution in [0.5, 0.6) is 0 Å². The summed E-state index contributed by atoms with van der Waals surface area (Å²) in [5, 5.41) is 14.2. The Bertz CT molecular complexity index is 711. The lowest BCUT2D eigenvalue weighted by atomic mass is 10.2. The van der Waals surface area contributed by atoms with Crippen LogP contribution in [-0.2, 0) is 4.79 Å². The van der Waals surface area contributed by atoms with Crippen molar-refractivity contribution in [1.29, 1.82) is 0 Å². The maximum atomic E-state index is 12.0. The Labute approximate surface area is 133 Å². The van der Waals surface area contributed by atoms with E-state index in [1.54, 1.807) is 24.3 Å². The monoisotopic (exact) mass is 314 g/mol. The molecule has 0 radical (unpaired) electrons. The molecule has 1 amide bonds. The molecule has 0 unspecified atom stereocenters. The maximum Gasteiger partial charge on any atom is 0.305 e. The van der Waals surface area contributed by atoms with Crippen LogP contribution in [0.4, 0.5) is 11.6 Å². The number of rotatable bonds is 6. The number of nitrogens with zero attached hydrogens (tertiary/aromatic N) is 2. The number of anilines is 2. The van der Waals surface area contributed by atoms with Crippen LogP contribution in [0, 0.1) is 13.8 Å². The highest BCUT2D eigenvalue weighted by molar-refractivity contribution is 5.95. The van der Waals surface area contributed by atoms with Gasteiger partial charge in [0.05, 0.1) is 6.42 Å². The number of nitrogens with one attached hydrogen (secondary N) is 2. The molecule has 0 aliphatic carbocycles. The first-order chi connectivity index (χ1) is 10.9. The van der Waals surface area contributed by atoms with Crippen LogP contribution in [-0.4, -0.2) is 33.5 Å². The molecule has 120 valence electrons. The van der Waals surface area contributed by atoms with Crippen molar-refractivity contribution in [2.24, 2.45) is 0 Å².